The van der Waals surface area contributed by atoms with Crippen molar-refractivity contribution in [1.82, 2.24) is 0 Å². The molecule has 1 nitrogen and oxygen atoms in total. The highest BCUT2D eigenvalue weighted by molar-refractivity contribution is 6.42. The van der Waals surface area contributed by atoms with E-state index in [1.807, 2.05) is 0 Å². The lowest BCUT2D eigenvalue weighted by Gasteiger charge is -1.97. The van der Waals surface area contributed by atoms with E-state index in [0.29, 0.717) is 15.6 Å². The fraction of sp³-hybridized carbons (Fsp3) is 0.111. The molecule has 0 fully saturated rings. The first-order valence-corrected chi connectivity index (χ1v) is 4.31. The third-order valence-corrected chi connectivity index (χ3v) is 2.16. The average molecular weight is 221 g/mol. The Bertz CT molecular complexity index is 336. The first-order valence-electron chi connectivity index (χ1n) is 3.55. The molecule has 4 heteroatoms. The quantitative estimate of drug-likeness (QED) is 0.812. The van der Waals surface area contributed by atoms with Crippen molar-refractivity contribution in [3.05, 3.63) is 39.6 Å². The van der Waals surface area contributed by atoms with Gasteiger partial charge < -0.3 is 5.11 Å². The zero-order chi connectivity index (χ0) is 9.84. The predicted octanol–water partition coefficient (Wildman–Crippen LogP) is 3.30. The summed E-state index contributed by atoms with van der Waals surface area (Å²) < 4.78 is 12.6. The van der Waals surface area contributed by atoms with Gasteiger partial charge in [-0.25, -0.2) is 4.39 Å². The first kappa shape index (κ1) is 10.5. The van der Waals surface area contributed by atoms with E-state index in [0.717, 1.165) is 0 Å². The molecule has 0 spiro atoms. The van der Waals surface area contributed by atoms with Crippen molar-refractivity contribution in [2.24, 2.45) is 0 Å². The summed E-state index contributed by atoms with van der Waals surface area (Å²) in [5, 5.41) is 9.20. The van der Waals surface area contributed by atoms with Gasteiger partial charge in [0.05, 0.1) is 16.7 Å². The number of halogens is 3. The van der Waals surface area contributed by atoms with Crippen LogP contribution in [0.4, 0.5) is 4.39 Å². The second-order valence-electron chi connectivity index (χ2n) is 2.42. The van der Waals surface area contributed by atoms with Crippen molar-refractivity contribution in [2.75, 3.05) is 6.61 Å². The Morgan fingerprint density at radius 3 is 2.62 bits per heavy atom. The molecular weight excluding hydrogens is 214 g/mol. The van der Waals surface area contributed by atoms with Crippen LogP contribution in [0.5, 0.6) is 0 Å². The molecule has 1 aromatic rings. The summed E-state index contributed by atoms with van der Waals surface area (Å²) >= 11 is 11.3. The molecule has 0 aliphatic rings. The Labute approximate surface area is 85.4 Å². The van der Waals surface area contributed by atoms with Gasteiger partial charge in [-0.3, -0.25) is 0 Å². The van der Waals surface area contributed by atoms with Crippen molar-refractivity contribution in [2.45, 2.75) is 0 Å². The second kappa shape index (κ2) is 4.61. The third-order valence-electron chi connectivity index (χ3n) is 1.42. The van der Waals surface area contributed by atoms with Gasteiger partial charge in [-0.05, 0) is 23.8 Å². The van der Waals surface area contributed by atoms with Crippen molar-refractivity contribution in [3.63, 3.8) is 0 Å². The molecule has 1 aromatic carbocycles. The van der Waals surface area contributed by atoms with Crippen molar-refractivity contribution in [1.29, 1.82) is 0 Å². The fourth-order valence-corrected chi connectivity index (χ4v) is 1.14. The lowest BCUT2D eigenvalue weighted by atomic mass is 10.2. The number of aliphatic hydroxyl groups excluding tert-OH is 1. The van der Waals surface area contributed by atoms with E-state index in [-0.39, 0.29) is 0 Å². The van der Waals surface area contributed by atoms with Gasteiger partial charge in [0.1, 0.15) is 5.83 Å². The van der Waals surface area contributed by atoms with Crippen LogP contribution >= 0.6 is 23.2 Å². The van der Waals surface area contributed by atoms with Crippen LogP contribution < -0.4 is 0 Å². The fourth-order valence-electron chi connectivity index (χ4n) is 0.829. The molecule has 0 aromatic heterocycles. The summed E-state index contributed by atoms with van der Waals surface area (Å²) in [5.41, 5.74) is 0.570. The Morgan fingerprint density at radius 1 is 1.38 bits per heavy atom. The van der Waals surface area contributed by atoms with E-state index in [2.05, 4.69) is 0 Å². The molecule has 0 unspecified atom stereocenters. The molecule has 0 saturated heterocycles. The van der Waals surface area contributed by atoms with Gasteiger partial charge in [0.15, 0.2) is 0 Å². The molecule has 0 aliphatic heterocycles. The molecule has 0 heterocycles. The summed E-state index contributed by atoms with van der Waals surface area (Å²) in [4.78, 5) is 0. The largest absolute Gasteiger partial charge is 0.389 e. The molecule has 0 atom stereocenters. The predicted molar refractivity (Wildman–Crippen MR) is 52.6 cm³/mol. The number of hydrogen-bond acceptors (Lipinski definition) is 1. The molecule has 70 valence electrons. The van der Waals surface area contributed by atoms with Gasteiger partial charge in [-0.2, -0.15) is 0 Å². The molecule has 0 bridgehead atoms. The standard InChI is InChI=1S/C9H7Cl2FO/c10-8-2-1-6(4-9(8)11)3-7(12)5-13/h1-4,13H,5H2. The van der Waals surface area contributed by atoms with Gasteiger partial charge in [0, 0.05) is 0 Å². The molecule has 0 amide bonds. The van der Waals surface area contributed by atoms with Crippen LogP contribution in [0, 0.1) is 0 Å². The maximum absolute atomic E-state index is 12.6. The summed E-state index contributed by atoms with van der Waals surface area (Å²) in [6.07, 6.45) is 1.20. The van der Waals surface area contributed by atoms with E-state index in [4.69, 9.17) is 28.3 Å². The van der Waals surface area contributed by atoms with E-state index < -0.39 is 12.4 Å². The van der Waals surface area contributed by atoms with Crippen LogP contribution in [0.1, 0.15) is 5.56 Å². The van der Waals surface area contributed by atoms with Crippen molar-refractivity contribution < 1.29 is 9.50 Å². The van der Waals surface area contributed by atoms with E-state index >= 15 is 0 Å². The van der Waals surface area contributed by atoms with Crippen LogP contribution in [0.2, 0.25) is 10.0 Å². The van der Waals surface area contributed by atoms with E-state index in [1.54, 1.807) is 12.1 Å². The third kappa shape index (κ3) is 2.99. The van der Waals surface area contributed by atoms with E-state index in [9.17, 15) is 4.39 Å². The van der Waals surface area contributed by atoms with Gasteiger partial charge in [-0.15, -0.1) is 0 Å². The van der Waals surface area contributed by atoms with Gasteiger partial charge >= 0.3 is 0 Å². The van der Waals surface area contributed by atoms with Crippen LogP contribution in [-0.2, 0) is 0 Å². The van der Waals surface area contributed by atoms with Crippen molar-refractivity contribution in [3.8, 4) is 0 Å². The molecule has 13 heavy (non-hydrogen) atoms. The van der Waals surface area contributed by atoms with Crippen molar-refractivity contribution >= 4 is 29.3 Å². The SMILES string of the molecule is OCC(F)=Cc1ccc(Cl)c(Cl)c1. The van der Waals surface area contributed by atoms with Crippen LogP contribution in [0.25, 0.3) is 6.08 Å². The Hall–Kier alpha value is -0.570. The minimum Gasteiger partial charge on any atom is -0.389 e. The minimum absolute atomic E-state index is 0.362. The summed E-state index contributed by atoms with van der Waals surface area (Å²) in [6, 6.07) is 4.71. The zero-order valence-electron chi connectivity index (χ0n) is 6.60. The second-order valence-corrected chi connectivity index (χ2v) is 3.24. The number of benzene rings is 1. The number of rotatable bonds is 2. The molecule has 1 N–H and O–H groups in total. The zero-order valence-corrected chi connectivity index (χ0v) is 8.11. The smallest absolute Gasteiger partial charge is 0.126 e. The summed E-state index contributed by atoms with van der Waals surface area (Å²) in [7, 11) is 0. The van der Waals surface area contributed by atoms with Crippen LogP contribution in [0.3, 0.4) is 0 Å². The minimum atomic E-state index is -0.613. The Kier molecular flexibility index (Phi) is 3.72. The average Bonchev–Trinajstić information content (AvgIpc) is 2.11. The van der Waals surface area contributed by atoms with Gasteiger partial charge in [0.25, 0.3) is 0 Å². The maximum Gasteiger partial charge on any atom is 0.126 e. The highest BCUT2D eigenvalue weighted by Gasteiger charge is 1.98. The molecule has 0 aliphatic carbocycles. The van der Waals surface area contributed by atoms with E-state index in [1.165, 1.54) is 12.1 Å². The number of hydrogen-bond donors (Lipinski definition) is 1. The molecular formula is C9H7Cl2FO. The lowest BCUT2D eigenvalue weighted by molar-refractivity contribution is 0.300. The summed E-state index contributed by atoms with van der Waals surface area (Å²) in [6.45, 7) is -0.611. The normalized spacial score (nSPS) is 11.8. The molecule has 0 saturated carbocycles. The van der Waals surface area contributed by atoms with Crippen LogP contribution in [0.15, 0.2) is 24.0 Å². The van der Waals surface area contributed by atoms with Crippen LogP contribution in [-0.4, -0.2) is 11.7 Å². The first-order chi connectivity index (χ1) is 6.13. The molecule has 1 rings (SSSR count). The van der Waals surface area contributed by atoms with Gasteiger partial charge in [0.2, 0.25) is 0 Å². The number of aliphatic hydroxyl groups is 1. The molecule has 0 radical (unpaired) electrons. The summed E-state index contributed by atoms with van der Waals surface area (Å²) in [5.74, 6) is -0.613. The monoisotopic (exact) mass is 220 g/mol. The Balaban J connectivity index is 2.98. The highest BCUT2D eigenvalue weighted by atomic mass is 35.5. The Morgan fingerprint density at radius 2 is 2.08 bits per heavy atom. The highest BCUT2D eigenvalue weighted by Crippen LogP contribution is 2.23. The topological polar surface area (TPSA) is 20.2 Å². The lowest BCUT2D eigenvalue weighted by Crippen LogP contribution is -1.82. The maximum atomic E-state index is 12.6. The van der Waals surface area contributed by atoms with Gasteiger partial charge in [-0.1, -0.05) is 29.3 Å².